The lowest BCUT2D eigenvalue weighted by atomic mass is 10.2. The number of benzene rings is 3. The van der Waals surface area contributed by atoms with Crippen molar-refractivity contribution in [2.75, 3.05) is 10.6 Å². The van der Waals surface area contributed by atoms with Crippen LogP contribution >= 0.6 is 0 Å². The van der Waals surface area contributed by atoms with Crippen LogP contribution in [0, 0.1) is 17.5 Å². The summed E-state index contributed by atoms with van der Waals surface area (Å²) in [6, 6.07) is 17.1. The average molecular weight is 342 g/mol. The van der Waals surface area contributed by atoms with E-state index in [1.807, 2.05) is 6.07 Å². The summed E-state index contributed by atoms with van der Waals surface area (Å²) >= 11 is 0. The van der Waals surface area contributed by atoms with Crippen molar-refractivity contribution in [3.63, 3.8) is 0 Å². The van der Waals surface area contributed by atoms with Crippen molar-refractivity contribution < 1.29 is 18.0 Å². The molecule has 2 N–H and O–H groups in total. The minimum atomic E-state index is -1.53. The minimum Gasteiger partial charge on any atom is -0.353 e. The smallest absolute Gasteiger partial charge is 0.255 e. The molecule has 0 aromatic heterocycles. The van der Waals surface area contributed by atoms with Crippen molar-refractivity contribution in [2.24, 2.45) is 0 Å². The van der Waals surface area contributed by atoms with Gasteiger partial charge in [-0.25, -0.2) is 13.2 Å². The molecule has 0 aliphatic heterocycles. The quantitative estimate of drug-likeness (QED) is 0.648. The predicted molar refractivity (Wildman–Crippen MR) is 90.4 cm³/mol. The molecule has 0 unspecified atom stereocenters. The van der Waals surface area contributed by atoms with Crippen LogP contribution in [0.3, 0.4) is 0 Å². The highest BCUT2D eigenvalue weighted by molar-refractivity contribution is 6.04. The molecule has 0 saturated heterocycles. The van der Waals surface area contributed by atoms with Crippen molar-refractivity contribution in [3.05, 3.63) is 89.7 Å². The largest absolute Gasteiger partial charge is 0.353 e. The van der Waals surface area contributed by atoms with Gasteiger partial charge in [0.15, 0.2) is 17.5 Å². The van der Waals surface area contributed by atoms with Gasteiger partial charge < -0.3 is 10.6 Å². The van der Waals surface area contributed by atoms with Crippen LogP contribution in [-0.4, -0.2) is 5.91 Å². The molecule has 0 heterocycles. The molecule has 0 atom stereocenters. The molecule has 3 nitrogen and oxygen atoms in total. The maximum absolute atomic E-state index is 13.7. The van der Waals surface area contributed by atoms with Gasteiger partial charge >= 0.3 is 0 Å². The van der Waals surface area contributed by atoms with Gasteiger partial charge in [0.2, 0.25) is 0 Å². The lowest BCUT2D eigenvalue weighted by Crippen LogP contribution is -2.11. The molecule has 0 aliphatic rings. The van der Waals surface area contributed by atoms with E-state index >= 15 is 0 Å². The zero-order valence-corrected chi connectivity index (χ0v) is 12.9. The molecule has 0 aliphatic carbocycles. The van der Waals surface area contributed by atoms with E-state index in [0.29, 0.717) is 16.9 Å². The fourth-order valence-electron chi connectivity index (χ4n) is 2.21. The van der Waals surface area contributed by atoms with Gasteiger partial charge in [-0.3, -0.25) is 4.79 Å². The molecular weight excluding hydrogens is 329 g/mol. The second-order valence-electron chi connectivity index (χ2n) is 5.25. The van der Waals surface area contributed by atoms with Gasteiger partial charge in [-0.05, 0) is 48.5 Å². The molecule has 3 aromatic rings. The fourth-order valence-corrected chi connectivity index (χ4v) is 2.21. The van der Waals surface area contributed by atoms with Gasteiger partial charge in [0.05, 0.1) is 5.69 Å². The molecule has 25 heavy (non-hydrogen) atoms. The summed E-state index contributed by atoms with van der Waals surface area (Å²) in [5.74, 6) is -4.33. The predicted octanol–water partition coefficient (Wildman–Crippen LogP) is 5.10. The Hall–Kier alpha value is -3.28. The Labute approximate surface area is 142 Å². The number of rotatable bonds is 4. The number of carbonyl (C=O) groups excluding carboxylic acids is 1. The summed E-state index contributed by atoms with van der Waals surface area (Å²) in [5.41, 5.74) is 1.35. The van der Waals surface area contributed by atoms with E-state index < -0.39 is 17.5 Å². The van der Waals surface area contributed by atoms with E-state index in [0.717, 1.165) is 12.1 Å². The Morgan fingerprint density at radius 2 is 1.36 bits per heavy atom. The first-order valence-corrected chi connectivity index (χ1v) is 7.41. The molecule has 6 heteroatoms. The van der Waals surface area contributed by atoms with Gasteiger partial charge in [-0.15, -0.1) is 0 Å². The number of hydrogen-bond acceptors (Lipinski definition) is 2. The normalized spacial score (nSPS) is 10.4. The summed E-state index contributed by atoms with van der Waals surface area (Å²) in [7, 11) is 0. The molecule has 126 valence electrons. The van der Waals surface area contributed by atoms with E-state index in [1.165, 1.54) is 0 Å². The van der Waals surface area contributed by atoms with Crippen molar-refractivity contribution in [1.82, 2.24) is 0 Å². The summed E-state index contributed by atoms with van der Waals surface area (Å²) in [4.78, 5) is 12.1. The summed E-state index contributed by atoms with van der Waals surface area (Å²) < 4.78 is 39.8. The average Bonchev–Trinajstić information content (AvgIpc) is 2.64. The van der Waals surface area contributed by atoms with Crippen LogP contribution in [-0.2, 0) is 0 Å². The summed E-state index contributed by atoms with van der Waals surface area (Å²) in [6.45, 7) is 0. The Morgan fingerprint density at radius 3 is 2.04 bits per heavy atom. The second kappa shape index (κ2) is 7.09. The van der Waals surface area contributed by atoms with Gasteiger partial charge in [0.1, 0.15) is 0 Å². The Kier molecular flexibility index (Phi) is 4.70. The van der Waals surface area contributed by atoms with E-state index in [9.17, 15) is 18.0 Å². The summed E-state index contributed by atoms with van der Waals surface area (Å²) in [5, 5.41) is 5.38. The third-order valence-electron chi connectivity index (χ3n) is 3.49. The molecule has 0 radical (unpaired) electrons. The molecule has 1 amide bonds. The van der Waals surface area contributed by atoms with Crippen LogP contribution in [0.5, 0.6) is 0 Å². The van der Waals surface area contributed by atoms with Gasteiger partial charge in [-0.1, -0.05) is 18.2 Å². The third-order valence-corrected chi connectivity index (χ3v) is 3.49. The maximum Gasteiger partial charge on any atom is 0.255 e. The lowest BCUT2D eigenvalue weighted by Gasteiger charge is -2.10. The first-order valence-electron chi connectivity index (χ1n) is 7.41. The number of halogens is 3. The van der Waals surface area contributed by atoms with E-state index in [4.69, 9.17) is 0 Å². The van der Waals surface area contributed by atoms with Crippen LogP contribution in [0.4, 0.5) is 30.2 Å². The molecule has 3 rings (SSSR count). The Bertz CT molecular complexity index is 897. The highest BCUT2D eigenvalue weighted by Gasteiger charge is 2.13. The molecule has 0 bridgehead atoms. The van der Waals surface area contributed by atoms with E-state index in [1.54, 1.807) is 48.5 Å². The van der Waals surface area contributed by atoms with Crippen LogP contribution in [0.2, 0.25) is 0 Å². The molecule has 0 saturated carbocycles. The molecule has 0 fully saturated rings. The molecule has 3 aromatic carbocycles. The highest BCUT2D eigenvalue weighted by atomic mass is 19.2. The third kappa shape index (κ3) is 3.80. The topological polar surface area (TPSA) is 41.1 Å². The van der Waals surface area contributed by atoms with Crippen LogP contribution in [0.25, 0.3) is 0 Å². The molecular formula is C19H13F3N2O. The summed E-state index contributed by atoms with van der Waals surface area (Å²) in [6.07, 6.45) is 0. The zero-order chi connectivity index (χ0) is 17.8. The zero-order valence-electron chi connectivity index (χ0n) is 12.9. The maximum atomic E-state index is 13.7. The minimum absolute atomic E-state index is 0.181. The first kappa shape index (κ1) is 16.6. The number of nitrogens with one attached hydrogen (secondary N) is 2. The first-order chi connectivity index (χ1) is 12.0. The van der Waals surface area contributed by atoms with Crippen molar-refractivity contribution in [1.29, 1.82) is 0 Å². The van der Waals surface area contributed by atoms with Crippen molar-refractivity contribution in [3.8, 4) is 0 Å². The monoisotopic (exact) mass is 342 g/mol. The van der Waals surface area contributed by atoms with E-state index in [2.05, 4.69) is 10.6 Å². The van der Waals surface area contributed by atoms with Crippen molar-refractivity contribution >= 4 is 23.0 Å². The number of carbonyl (C=O) groups is 1. The number of anilines is 3. The fraction of sp³-hybridized carbons (Fsp3) is 0. The van der Waals surface area contributed by atoms with Gasteiger partial charge in [0, 0.05) is 16.9 Å². The Balaban J connectivity index is 1.71. The molecule has 0 spiro atoms. The van der Waals surface area contributed by atoms with E-state index in [-0.39, 0.29) is 11.6 Å². The SMILES string of the molecule is O=C(Nc1ccc(Nc2ccc(F)c(F)c2F)cc1)c1ccccc1. The number of hydrogen-bond donors (Lipinski definition) is 2. The Morgan fingerprint density at radius 1 is 0.720 bits per heavy atom. The van der Waals surface area contributed by atoms with Crippen LogP contribution in [0.1, 0.15) is 10.4 Å². The van der Waals surface area contributed by atoms with Gasteiger partial charge in [-0.2, -0.15) is 0 Å². The van der Waals surface area contributed by atoms with Crippen LogP contribution in [0.15, 0.2) is 66.7 Å². The lowest BCUT2D eigenvalue weighted by molar-refractivity contribution is 0.102. The second-order valence-corrected chi connectivity index (χ2v) is 5.25. The van der Waals surface area contributed by atoms with Crippen molar-refractivity contribution in [2.45, 2.75) is 0 Å². The van der Waals surface area contributed by atoms with Crippen LogP contribution < -0.4 is 10.6 Å². The van der Waals surface area contributed by atoms with Gasteiger partial charge in [0.25, 0.3) is 5.91 Å². The standard InChI is InChI=1S/C19H13F3N2O/c20-15-10-11-16(18(22)17(15)21)23-13-6-8-14(9-7-13)24-19(25)12-4-2-1-3-5-12/h1-11,23H,(H,24,25). The number of amides is 1. The highest BCUT2D eigenvalue weighted by Crippen LogP contribution is 2.24.